The number of H-pyrrole nitrogens is 1. The number of nitrogens with one attached hydrogen (secondary N) is 2. The summed E-state index contributed by atoms with van der Waals surface area (Å²) in [6, 6.07) is 0.177. The van der Waals surface area contributed by atoms with E-state index >= 15 is 0 Å². The van der Waals surface area contributed by atoms with E-state index in [4.69, 9.17) is 5.11 Å². The lowest BCUT2D eigenvalue weighted by molar-refractivity contribution is -0.137. The van der Waals surface area contributed by atoms with Crippen LogP contribution in [0.5, 0.6) is 0 Å². The summed E-state index contributed by atoms with van der Waals surface area (Å²) < 4.78 is 0. The van der Waals surface area contributed by atoms with E-state index < -0.39 is 5.97 Å². The van der Waals surface area contributed by atoms with Gasteiger partial charge in [0.15, 0.2) is 0 Å². The zero-order valence-corrected chi connectivity index (χ0v) is 13.1. The second kappa shape index (κ2) is 7.78. The molecule has 0 aromatic carbocycles. The van der Waals surface area contributed by atoms with Gasteiger partial charge in [0.2, 0.25) is 5.91 Å². The first kappa shape index (κ1) is 17.2. The van der Waals surface area contributed by atoms with Crippen LogP contribution in [0.4, 0.5) is 5.69 Å². The molecule has 1 aromatic rings. The van der Waals surface area contributed by atoms with Crippen molar-refractivity contribution in [3.63, 3.8) is 0 Å². The second-order valence-electron chi connectivity index (χ2n) is 5.42. The van der Waals surface area contributed by atoms with Crippen molar-refractivity contribution in [2.24, 2.45) is 0 Å². The van der Waals surface area contributed by atoms with E-state index in [1.165, 1.54) is 0 Å². The molecule has 0 aliphatic carbocycles. The Kier molecular flexibility index (Phi) is 6.36. The largest absolute Gasteiger partial charge is 0.481 e. The molecule has 0 fully saturated rings. The first-order chi connectivity index (χ1) is 9.81. The van der Waals surface area contributed by atoms with Crippen LogP contribution < -0.4 is 5.32 Å². The van der Waals surface area contributed by atoms with Crippen molar-refractivity contribution >= 4 is 17.6 Å². The molecule has 0 radical (unpaired) electrons. The Bertz CT molecular complexity index is 477. The Balaban J connectivity index is 2.54. The maximum Gasteiger partial charge on any atom is 0.303 e. The lowest BCUT2D eigenvalue weighted by Gasteiger charge is -2.25. The standard InChI is InChI=1S/C14H24N4O3/c1-9(2)18(7-5-6-13(20)21)8-12(19)15-14-10(3)16-17-11(14)4/h9H,5-8H2,1-4H3,(H,15,19)(H,16,17)(H,20,21). The van der Waals surface area contributed by atoms with Crippen LogP contribution in [-0.2, 0) is 9.59 Å². The van der Waals surface area contributed by atoms with Gasteiger partial charge in [-0.25, -0.2) is 0 Å². The van der Waals surface area contributed by atoms with E-state index in [1.807, 2.05) is 32.6 Å². The van der Waals surface area contributed by atoms with Crippen LogP contribution in [0.2, 0.25) is 0 Å². The number of rotatable bonds is 8. The van der Waals surface area contributed by atoms with E-state index in [0.717, 1.165) is 11.4 Å². The number of aliphatic carboxylic acids is 1. The van der Waals surface area contributed by atoms with E-state index in [9.17, 15) is 9.59 Å². The van der Waals surface area contributed by atoms with Gasteiger partial charge in [0.05, 0.1) is 23.6 Å². The van der Waals surface area contributed by atoms with Crippen molar-refractivity contribution < 1.29 is 14.7 Å². The summed E-state index contributed by atoms with van der Waals surface area (Å²) in [5, 5.41) is 18.4. The van der Waals surface area contributed by atoms with Gasteiger partial charge in [-0.15, -0.1) is 0 Å². The van der Waals surface area contributed by atoms with Gasteiger partial charge in [-0.2, -0.15) is 5.10 Å². The zero-order valence-electron chi connectivity index (χ0n) is 13.1. The van der Waals surface area contributed by atoms with Crippen molar-refractivity contribution in [1.29, 1.82) is 0 Å². The minimum absolute atomic E-state index is 0.116. The summed E-state index contributed by atoms with van der Waals surface area (Å²) in [6.45, 7) is 8.47. The first-order valence-corrected chi connectivity index (χ1v) is 7.08. The Morgan fingerprint density at radius 3 is 2.52 bits per heavy atom. The number of aromatic amines is 1. The molecule has 118 valence electrons. The summed E-state index contributed by atoms with van der Waals surface area (Å²) in [6.07, 6.45) is 0.648. The Morgan fingerprint density at radius 2 is 2.05 bits per heavy atom. The maximum absolute atomic E-state index is 12.1. The third-order valence-electron chi connectivity index (χ3n) is 3.31. The average molecular weight is 296 g/mol. The number of hydrogen-bond donors (Lipinski definition) is 3. The SMILES string of the molecule is Cc1n[nH]c(C)c1NC(=O)CN(CCCC(=O)O)C(C)C. The van der Waals surface area contributed by atoms with Crippen molar-refractivity contribution in [1.82, 2.24) is 15.1 Å². The molecule has 0 spiro atoms. The zero-order chi connectivity index (χ0) is 16.0. The highest BCUT2D eigenvalue weighted by Gasteiger charge is 2.16. The number of carboxylic acid groups (broad SMARTS) is 1. The second-order valence-corrected chi connectivity index (χ2v) is 5.42. The van der Waals surface area contributed by atoms with Crippen LogP contribution in [0, 0.1) is 13.8 Å². The van der Waals surface area contributed by atoms with Crippen molar-refractivity contribution in [3.8, 4) is 0 Å². The molecule has 7 heteroatoms. The fraction of sp³-hybridized carbons (Fsp3) is 0.643. The molecular formula is C14H24N4O3. The quantitative estimate of drug-likeness (QED) is 0.676. The van der Waals surface area contributed by atoms with Gasteiger partial charge in [0.1, 0.15) is 0 Å². The molecule has 1 heterocycles. The third-order valence-corrected chi connectivity index (χ3v) is 3.31. The van der Waals surface area contributed by atoms with Crippen LogP contribution >= 0.6 is 0 Å². The summed E-state index contributed by atoms with van der Waals surface area (Å²) in [5.41, 5.74) is 2.29. The summed E-state index contributed by atoms with van der Waals surface area (Å²) >= 11 is 0. The minimum atomic E-state index is -0.812. The van der Waals surface area contributed by atoms with Crippen molar-refractivity contribution in [2.45, 2.75) is 46.6 Å². The number of aryl methyl sites for hydroxylation is 2. The Hall–Kier alpha value is -1.89. The van der Waals surface area contributed by atoms with E-state index in [0.29, 0.717) is 18.7 Å². The molecule has 0 aliphatic rings. The minimum Gasteiger partial charge on any atom is -0.481 e. The number of amides is 1. The highest BCUT2D eigenvalue weighted by atomic mass is 16.4. The van der Waals surface area contributed by atoms with Crippen LogP contribution in [0.15, 0.2) is 0 Å². The fourth-order valence-corrected chi connectivity index (χ4v) is 2.05. The smallest absolute Gasteiger partial charge is 0.303 e. The molecule has 0 unspecified atom stereocenters. The van der Waals surface area contributed by atoms with Gasteiger partial charge in [0.25, 0.3) is 0 Å². The molecule has 0 bridgehead atoms. The van der Waals surface area contributed by atoms with Crippen LogP contribution in [0.25, 0.3) is 0 Å². The Morgan fingerprint density at radius 1 is 1.38 bits per heavy atom. The Labute approximate surface area is 124 Å². The predicted octanol–water partition coefficient (Wildman–Crippen LogP) is 1.54. The van der Waals surface area contributed by atoms with E-state index in [-0.39, 0.29) is 24.9 Å². The number of carboxylic acids is 1. The number of aromatic nitrogens is 2. The first-order valence-electron chi connectivity index (χ1n) is 7.08. The summed E-state index contributed by atoms with van der Waals surface area (Å²) in [5.74, 6) is -0.931. The molecule has 1 amide bonds. The van der Waals surface area contributed by atoms with Gasteiger partial charge >= 0.3 is 5.97 Å². The third kappa shape index (κ3) is 5.55. The van der Waals surface area contributed by atoms with Crippen molar-refractivity contribution in [3.05, 3.63) is 11.4 Å². The molecule has 7 nitrogen and oxygen atoms in total. The van der Waals surface area contributed by atoms with Crippen molar-refractivity contribution in [2.75, 3.05) is 18.4 Å². The molecule has 3 N–H and O–H groups in total. The molecule has 0 saturated carbocycles. The monoisotopic (exact) mass is 296 g/mol. The number of nitrogens with zero attached hydrogens (tertiary/aromatic N) is 2. The predicted molar refractivity (Wildman–Crippen MR) is 80.3 cm³/mol. The number of carbonyl (C=O) groups is 2. The molecule has 0 atom stereocenters. The highest BCUT2D eigenvalue weighted by molar-refractivity contribution is 5.93. The molecule has 0 saturated heterocycles. The van der Waals surface area contributed by atoms with E-state index in [2.05, 4.69) is 15.5 Å². The lowest BCUT2D eigenvalue weighted by atomic mass is 10.2. The highest BCUT2D eigenvalue weighted by Crippen LogP contribution is 2.16. The van der Waals surface area contributed by atoms with Gasteiger partial charge in [-0.3, -0.25) is 19.6 Å². The van der Waals surface area contributed by atoms with Crippen LogP contribution in [-0.4, -0.2) is 51.2 Å². The van der Waals surface area contributed by atoms with Gasteiger partial charge < -0.3 is 10.4 Å². The number of carbonyl (C=O) groups excluding carboxylic acids is 1. The normalized spacial score (nSPS) is 11.1. The number of anilines is 1. The lowest BCUT2D eigenvalue weighted by Crippen LogP contribution is -2.39. The average Bonchev–Trinajstić information content (AvgIpc) is 2.68. The summed E-state index contributed by atoms with van der Waals surface area (Å²) in [7, 11) is 0. The topological polar surface area (TPSA) is 98.3 Å². The van der Waals surface area contributed by atoms with Gasteiger partial charge in [0, 0.05) is 12.5 Å². The molecule has 0 aliphatic heterocycles. The van der Waals surface area contributed by atoms with E-state index in [1.54, 1.807) is 0 Å². The molecular weight excluding hydrogens is 272 g/mol. The molecule has 1 aromatic heterocycles. The van der Waals surface area contributed by atoms with Crippen LogP contribution in [0.3, 0.4) is 0 Å². The van der Waals surface area contributed by atoms with Crippen LogP contribution in [0.1, 0.15) is 38.1 Å². The maximum atomic E-state index is 12.1. The molecule has 21 heavy (non-hydrogen) atoms. The number of hydrogen-bond acceptors (Lipinski definition) is 4. The van der Waals surface area contributed by atoms with Gasteiger partial charge in [-0.05, 0) is 40.7 Å². The fourth-order valence-electron chi connectivity index (χ4n) is 2.05. The van der Waals surface area contributed by atoms with Gasteiger partial charge in [-0.1, -0.05) is 0 Å². The summed E-state index contributed by atoms with van der Waals surface area (Å²) in [4.78, 5) is 24.6. The molecule has 1 rings (SSSR count).